The van der Waals surface area contributed by atoms with Gasteiger partial charge in [-0.3, -0.25) is 0 Å². The second-order valence-corrected chi connectivity index (χ2v) is 3.99. The Morgan fingerprint density at radius 3 is 2.42 bits per heavy atom. The lowest BCUT2D eigenvalue weighted by Gasteiger charge is -2.18. The molecule has 0 N–H and O–H groups in total. The van der Waals surface area contributed by atoms with Crippen LogP contribution in [0.5, 0.6) is 0 Å². The summed E-state index contributed by atoms with van der Waals surface area (Å²) in [5.41, 5.74) is 1.35. The summed E-state index contributed by atoms with van der Waals surface area (Å²) < 4.78 is 1.33. The predicted octanol–water partition coefficient (Wildman–Crippen LogP) is 2.67. The van der Waals surface area contributed by atoms with Crippen LogP contribution >= 0.6 is 22.6 Å². The summed E-state index contributed by atoms with van der Waals surface area (Å²) in [4.78, 5) is 2.36. The van der Waals surface area contributed by atoms with Crippen molar-refractivity contribution in [1.82, 2.24) is 0 Å². The van der Waals surface area contributed by atoms with E-state index in [9.17, 15) is 0 Å². The number of nitrogens with zero attached hydrogens (tertiary/aromatic N) is 1. The van der Waals surface area contributed by atoms with Gasteiger partial charge >= 0.3 is 0 Å². The molecule has 62 valence electrons. The van der Waals surface area contributed by atoms with Crippen LogP contribution in [0.2, 0.25) is 0 Å². The fourth-order valence-electron chi connectivity index (χ4n) is 1.38. The van der Waals surface area contributed by atoms with E-state index in [1.165, 1.54) is 9.26 Å². The van der Waals surface area contributed by atoms with Crippen LogP contribution in [0.3, 0.4) is 0 Å². The molecule has 0 amide bonds. The van der Waals surface area contributed by atoms with Gasteiger partial charge in [-0.2, -0.15) is 0 Å². The molecule has 0 unspecified atom stereocenters. The van der Waals surface area contributed by atoms with Crippen molar-refractivity contribution < 1.29 is 0 Å². The van der Waals surface area contributed by atoms with Crippen LogP contribution < -0.4 is 4.90 Å². The summed E-state index contributed by atoms with van der Waals surface area (Å²) in [5.74, 6) is 0. The quantitative estimate of drug-likeness (QED) is 0.560. The molecule has 1 heterocycles. The third kappa shape index (κ3) is 1.48. The van der Waals surface area contributed by atoms with Gasteiger partial charge in [-0.25, -0.2) is 0 Å². The highest BCUT2D eigenvalue weighted by Gasteiger charge is 2.09. The number of hydrogen-bond acceptors (Lipinski definition) is 1. The van der Waals surface area contributed by atoms with Gasteiger partial charge in [0, 0.05) is 16.7 Å². The fraction of sp³-hybridized carbons (Fsp3) is 0.200. The van der Waals surface area contributed by atoms with E-state index < -0.39 is 0 Å². The number of hydrogen-bond donors (Lipinski definition) is 0. The third-order valence-electron chi connectivity index (χ3n) is 2.01. The van der Waals surface area contributed by atoms with Crippen LogP contribution in [0.4, 0.5) is 5.69 Å². The van der Waals surface area contributed by atoms with E-state index in [1.807, 2.05) is 0 Å². The van der Waals surface area contributed by atoms with Gasteiger partial charge in [0.15, 0.2) is 0 Å². The van der Waals surface area contributed by atoms with Crippen LogP contribution in [0, 0.1) is 3.57 Å². The lowest BCUT2D eigenvalue weighted by Crippen LogP contribution is -2.19. The van der Waals surface area contributed by atoms with Crippen molar-refractivity contribution in [2.75, 3.05) is 18.0 Å². The van der Waals surface area contributed by atoms with Crippen molar-refractivity contribution in [1.29, 1.82) is 0 Å². The molecule has 2 rings (SSSR count). The highest BCUT2D eigenvalue weighted by molar-refractivity contribution is 14.1. The molecule has 0 fully saturated rings. The summed E-state index contributed by atoms with van der Waals surface area (Å²) in [7, 11) is 0. The molecule has 0 aliphatic carbocycles. The summed E-state index contributed by atoms with van der Waals surface area (Å²) in [6, 6.07) is 8.49. The van der Waals surface area contributed by atoms with Crippen LogP contribution in [-0.4, -0.2) is 13.1 Å². The van der Waals surface area contributed by atoms with E-state index in [1.54, 1.807) is 0 Å². The van der Waals surface area contributed by atoms with Gasteiger partial charge in [-0.1, -0.05) is 24.3 Å². The molecule has 0 atom stereocenters. The first-order valence-electron chi connectivity index (χ1n) is 4.02. The molecule has 0 spiro atoms. The monoisotopic (exact) mass is 271 g/mol. The Morgan fingerprint density at radius 1 is 1.08 bits per heavy atom. The minimum Gasteiger partial charge on any atom is -0.363 e. The summed E-state index contributed by atoms with van der Waals surface area (Å²) >= 11 is 2.38. The first-order valence-corrected chi connectivity index (χ1v) is 5.10. The van der Waals surface area contributed by atoms with Gasteiger partial charge in [-0.05, 0) is 34.7 Å². The Hall–Kier alpha value is -0.510. The maximum Gasteiger partial charge on any atom is 0.0507 e. The maximum absolute atomic E-state index is 2.38. The first-order chi connectivity index (χ1) is 5.88. The Kier molecular flexibility index (Phi) is 2.35. The van der Waals surface area contributed by atoms with Crippen LogP contribution in [-0.2, 0) is 0 Å². The molecular weight excluding hydrogens is 261 g/mol. The largest absolute Gasteiger partial charge is 0.363 e. The van der Waals surface area contributed by atoms with Gasteiger partial charge in [0.1, 0.15) is 0 Å². The average molecular weight is 271 g/mol. The molecule has 0 saturated heterocycles. The molecule has 12 heavy (non-hydrogen) atoms. The highest BCUT2D eigenvalue weighted by atomic mass is 127. The van der Waals surface area contributed by atoms with Gasteiger partial charge in [0.05, 0.1) is 5.69 Å². The number of rotatable bonds is 1. The molecule has 0 aromatic heterocycles. The van der Waals surface area contributed by atoms with Crippen molar-refractivity contribution in [2.24, 2.45) is 0 Å². The molecule has 1 aromatic rings. The third-order valence-corrected chi connectivity index (χ3v) is 2.92. The summed E-state index contributed by atoms with van der Waals surface area (Å²) in [5, 5.41) is 0. The molecule has 1 aliphatic heterocycles. The Morgan fingerprint density at radius 2 is 1.75 bits per heavy atom. The Labute approximate surface area is 86.2 Å². The molecule has 0 bridgehead atoms. The van der Waals surface area contributed by atoms with E-state index in [4.69, 9.17) is 0 Å². The fourth-order valence-corrected chi connectivity index (χ4v) is 2.11. The van der Waals surface area contributed by atoms with Gasteiger partial charge in [0.25, 0.3) is 0 Å². The normalized spacial score (nSPS) is 15.6. The van der Waals surface area contributed by atoms with E-state index in [0.717, 1.165) is 13.1 Å². The molecule has 2 heteroatoms. The van der Waals surface area contributed by atoms with Crippen molar-refractivity contribution in [2.45, 2.75) is 0 Å². The van der Waals surface area contributed by atoms with Crippen LogP contribution in [0.1, 0.15) is 0 Å². The minimum absolute atomic E-state index is 1.06. The Bertz CT molecular complexity index is 298. The number of halogens is 1. The maximum atomic E-state index is 2.38. The second kappa shape index (κ2) is 3.47. The minimum atomic E-state index is 1.06. The first kappa shape index (κ1) is 8.10. The SMILES string of the molecule is Ic1ccccc1N1CC=CC1. The molecule has 0 radical (unpaired) electrons. The van der Waals surface area contributed by atoms with E-state index in [2.05, 4.69) is 63.9 Å². The van der Waals surface area contributed by atoms with Crippen LogP contribution in [0.25, 0.3) is 0 Å². The molecule has 0 saturated carbocycles. The zero-order chi connectivity index (χ0) is 8.39. The molecule has 1 aliphatic rings. The zero-order valence-corrected chi connectivity index (χ0v) is 8.86. The predicted molar refractivity (Wildman–Crippen MR) is 60.5 cm³/mol. The van der Waals surface area contributed by atoms with E-state index >= 15 is 0 Å². The summed E-state index contributed by atoms with van der Waals surface area (Å²) in [6.45, 7) is 2.11. The average Bonchev–Trinajstić information content (AvgIpc) is 2.57. The van der Waals surface area contributed by atoms with Crippen molar-refractivity contribution >= 4 is 28.3 Å². The van der Waals surface area contributed by atoms with Crippen molar-refractivity contribution in [3.8, 4) is 0 Å². The molecule has 1 nitrogen and oxygen atoms in total. The lowest BCUT2D eigenvalue weighted by atomic mass is 10.3. The van der Waals surface area contributed by atoms with Crippen molar-refractivity contribution in [3.63, 3.8) is 0 Å². The molecule has 1 aromatic carbocycles. The standard InChI is InChI=1S/C10H10IN/c11-9-5-1-2-6-10(9)12-7-3-4-8-12/h1-6H,7-8H2. The summed E-state index contributed by atoms with van der Waals surface area (Å²) in [6.07, 6.45) is 4.42. The Balaban J connectivity index is 2.27. The topological polar surface area (TPSA) is 3.24 Å². The van der Waals surface area contributed by atoms with E-state index in [0.29, 0.717) is 0 Å². The van der Waals surface area contributed by atoms with Gasteiger partial charge < -0.3 is 4.90 Å². The van der Waals surface area contributed by atoms with E-state index in [-0.39, 0.29) is 0 Å². The zero-order valence-electron chi connectivity index (χ0n) is 6.70. The lowest BCUT2D eigenvalue weighted by molar-refractivity contribution is 1.00. The number of benzene rings is 1. The highest BCUT2D eigenvalue weighted by Crippen LogP contribution is 2.23. The smallest absolute Gasteiger partial charge is 0.0507 e. The second-order valence-electron chi connectivity index (χ2n) is 2.83. The van der Waals surface area contributed by atoms with Crippen molar-refractivity contribution in [3.05, 3.63) is 40.0 Å². The number of para-hydroxylation sites is 1. The van der Waals surface area contributed by atoms with Gasteiger partial charge in [0.2, 0.25) is 0 Å². The van der Waals surface area contributed by atoms with Gasteiger partial charge in [-0.15, -0.1) is 0 Å². The number of anilines is 1. The van der Waals surface area contributed by atoms with Crippen LogP contribution in [0.15, 0.2) is 36.4 Å². The molecular formula is C10H10IN.